The monoisotopic (exact) mass is 284 g/mol. The van der Waals surface area contributed by atoms with E-state index >= 15 is 0 Å². The van der Waals surface area contributed by atoms with Crippen molar-refractivity contribution in [3.05, 3.63) is 36.7 Å². The van der Waals surface area contributed by atoms with Crippen molar-refractivity contribution in [2.24, 2.45) is 17.6 Å². The molecule has 0 bridgehead atoms. The first-order valence-electron chi connectivity index (χ1n) is 7.38. The molecule has 3 rings (SSSR count). The molecule has 1 amide bonds. The summed E-state index contributed by atoms with van der Waals surface area (Å²) in [5.41, 5.74) is 7.51. The minimum absolute atomic E-state index is 0.0438. The van der Waals surface area contributed by atoms with Crippen LogP contribution in [0.3, 0.4) is 0 Å². The molecular weight excluding hydrogens is 264 g/mol. The molecule has 5 nitrogen and oxygen atoms in total. The average molecular weight is 284 g/mol. The largest absolute Gasteiger partial charge is 0.345 e. The summed E-state index contributed by atoms with van der Waals surface area (Å²) in [6.07, 6.45) is 6.58. The second-order valence-corrected chi connectivity index (χ2v) is 5.54. The summed E-state index contributed by atoms with van der Waals surface area (Å²) in [6, 6.07) is 7.72. The summed E-state index contributed by atoms with van der Waals surface area (Å²) in [5, 5.41) is 3.01. The van der Waals surface area contributed by atoms with Crippen LogP contribution in [-0.4, -0.2) is 22.4 Å². The van der Waals surface area contributed by atoms with Crippen molar-refractivity contribution in [2.45, 2.75) is 19.3 Å². The van der Waals surface area contributed by atoms with E-state index in [1.165, 1.54) is 0 Å². The third kappa shape index (κ3) is 2.97. The van der Waals surface area contributed by atoms with Gasteiger partial charge in [-0.15, -0.1) is 0 Å². The summed E-state index contributed by atoms with van der Waals surface area (Å²) < 4.78 is 0. The van der Waals surface area contributed by atoms with Crippen LogP contribution in [0.15, 0.2) is 36.7 Å². The number of nitrogens with one attached hydrogen (secondary N) is 2. The van der Waals surface area contributed by atoms with Gasteiger partial charge in [0.1, 0.15) is 5.82 Å². The number of imidazole rings is 1. The number of aromatic amines is 1. The Morgan fingerprint density at radius 1 is 1.43 bits per heavy atom. The number of carbonyl (C=O) groups excluding carboxylic acids is 1. The molecule has 1 aromatic heterocycles. The number of H-pyrrole nitrogens is 1. The van der Waals surface area contributed by atoms with Crippen LogP contribution in [0.25, 0.3) is 11.4 Å². The Balaban J connectivity index is 1.73. The van der Waals surface area contributed by atoms with Crippen molar-refractivity contribution in [3.8, 4) is 11.4 Å². The molecule has 2 aromatic rings. The predicted molar refractivity (Wildman–Crippen MR) is 82.5 cm³/mol. The SMILES string of the molecule is NC[C@H]1CCC[C@H]1C(=O)Nc1cccc(-c2ncc[nH]2)c1. The van der Waals surface area contributed by atoms with E-state index in [0.717, 1.165) is 36.3 Å². The third-order valence-electron chi connectivity index (χ3n) is 4.20. The number of benzene rings is 1. The zero-order valence-corrected chi connectivity index (χ0v) is 11.9. The summed E-state index contributed by atoms with van der Waals surface area (Å²) in [7, 11) is 0. The Hall–Kier alpha value is -2.14. The van der Waals surface area contributed by atoms with E-state index in [1.54, 1.807) is 12.4 Å². The minimum Gasteiger partial charge on any atom is -0.345 e. The minimum atomic E-state index is 0.0438. The molecule has 2 atom stereocenters. The average Bonchev–Trinajstić information content (AvgIpc) is 3.18. The standard InChI is InChI=1S/C16H20N4O/c17-10-12-4-2-6-14(12)16(21)20-13-5-1-3-11(9-13)15-18-7-8-19-15/h1,3,5,7-9,12,14H,2,4,6,10,17H2,(H,18,19)(H,20,21)/t12-,14-/m1/s1. The molecule has 1 fully saturated rings. The predicted octanol–water partition coefficient (Wildman–Crippen LogP) is 2.39. The molecule has 0 spiro atoms. The number of amides is 1. The first-order valence-corrected chi connectivity index (χ1v) is 7.38. The number of anilines is 1. The highest BCUT2D eigenvalue weighted by atomic mass is 16.1. The maximum Gasteiger partial charge on any atom is 0.227 e. The first kappa shape index (κ1) is 13.8. The number of hydrogen-bond donors (Lipinski definition) is 3. The number of carbonyl (C=O) groups is 1. The molecule has 0 aliphatic heterocycles. The number of nitrogens with two attached hydrogens (primary N) is 1. The summed E-state index contributed by atoms with van der Waals surface area (Å²) in [4.78, 5) is 19.7. The second kappa shape index (κ2) is 6.10. The van der Waals surface area contributed by atoms with Gasteiger partial charge in [0.15, 0.2) is 0 Å². The van der Waals surface area contributed by atoms with Gasteiger partial charge in [-0.3, -0.25) is 4.79 Å². The van der Waals surface area contributed by atoms with Crippen molar-refractivity contribution in [1.82, 2.24) is 9.97 Å². The molecule has 21 heavy (non-hydrogen) atoms. The van der Waals surface area contributed by atoms with Gasteiger partial charge in [0.05, 0.1) is 0 Å². The van der Waals surface area contributed by atoms with Crippen molar-refractivity contribution in [1.29, 1.82) is 0 Å². The van der Waals surface area contributed by atoms with Gasteiger partial charge in [0.25, 0.3) is 0 Å². The smallest absolute Gasteiger partial charge is 0.227 e. The highest BCUT2D eigenvalue weighted by Gasteiger charge is 2.31. The van der Waals surface area contributed by atoms with Gasteiger partial charge in [0, 0.05) is 29.6 Å². The normalized spacial score (nSPS) is 21.4. The molecule has 0 saturated heterocycles. The fourth-order valence-electron chi connectivity index (χ4n) is 3.07. The van der Waals surface area contributed by atoms with E-state index < -0.39 is 0 Å². The van der Waals surface area contributed by atoms with E-state index in [1.807, 2.05) is 24.3 Å². The molecule has 0 unspecified atom stereocenters. The van der Waals surface area contributed by atoms with Gasteiger partial charge >= 0.3 is 0 Å². The Labute approximate surface area is 124 Å². The van der Waals surface area contributed by atoms with Gasteiger partial charge in [-0.1, -0.05) is 18.6 Å². The lowest BCUT2D eigenvalue weighted by Gasteiger charge is -2.17. The molecule has 5 heteroatoms. The summed E-state index contributed by atoms with van der Waals surface area (Å²) in [5.74, 6) is 1.24. The van der Waals surface area contributed by atoms with Crippen molar-refractivity contribution < 1.29 is 4.79 Å². The van der Waals surface area contributed by atoms with E-state index in [-0.39, 0.29) is 11.8 Å². The van der Waals surface area contributed by atoms with E-state index in [9.17, 15) is 4.79 Å². The van der Waals surface area contributed by atoms with Gasteiger partial charge in [-0.2, -0.15) is 0 Å². The Kier molecular flexibility index (Phi) is 4.01. The zero-order valence-electron chi connectivity index (χ0n) is 11.9. The van der Waals surface area contributed by atoms with Crippen LogP contribution in [0, 0.1) is 11.8 Å². The van der Waals surface area contributed by atoms with Gasteiger partial charge in [-0.05, 0) is 37.4 Å². The van der Waals surface area contributed by atoms with Crippen molar-refractivity contribution >= 4 is 11.6 Å². The number of hydrogen-bond acceptors (Lipinski definition) is 3. The molecule has 1 aromatic carbocycles. The molecule has 1 aliphatic rings. The maximum absolute atomic E-state index is 12.4. The van der Waals surface area contributed by atoms with Gasteiger partial charge < -0.3 is 16.0 Å². The number of aromatic nitrogens is 2. The molecule has 110 valence electrons. The lowest BCUT2D eigenvalue weighted by atomic mass is 9.95. The topological polar surface area (TPSA) is 83.8 Å². The molecule has 4 N–H and O–H groups in total. The second-order valence-electron chi connectivity index (χ2n) is 5.54. The Bertz CT molecular complexity index is 608. The van der Waals surface area contributed by atoms with E-state index in [4.69, 9.17) is 5.73 Å². The van der Waals surface area contributed by atoms with Crippen LogP contribution in [-0.2, 0) is 4.79 Å². The highest BCUT2D eigenvalue weighted by Crippen LogP contribution is 2.32. The fourth-order valence-corrected chi connectivity index (χ4v) is 3.07. The lowest BCUT2D eigenvalue weighted by Crippen LogP contribution is -2.29. The molecular formula is C16H20N4O. The van der Waals surface area contributed by atoms with Crippen LogP contribution in [0.4, 0.5) is 5.69 Å². The highest BCUT2D eigenvalue weighted by molar-refractivity contribution is 5.93. The van der Waals surface area contributed by atoms with Crippen LogP contribution < -0.4 is 11.1 Å². The van der Waals surface area contributed by atoms with E-state index in [2.05, 4.69) is 15.3 Å². The molecule has 0 radical (unpaired) electrons. The Morgan fingerprint density at radius 3 is 3.10 bits per heavy atom. The Morgan fingerprint density at radius 2 is 2.33 bits per heavy atom. The van der Waals surface area contributed by atoms with E-state index in [0.29, 0.717) is 12.5 Å². The molecule has 1 aliphatic carbocycles. The number of nitrogens with zero attached hydrogens (tertiary/aromatic N) is 1. The van der Waals surface area contributed by atoms with Crippen LogP contribution in [0.1, 0.15) is 19.3 Å². The maximum atomic E-state index is 12.4. The summed E-state index contributed by atoms with van der Waals surface area (Å²) in [6.45, 7) is 0.588. The van der Waals surface area contributed by atoms with Gasteiger partial charge in [0.2, 0.25) is 5.91 Å². The van der Waals surface area contributed by atoms with Crippen LogP contribution in [0.2, 0.25) is 0 Å². The van der Waals surface area contributed by atoms with Crippen molar-refractivity contribution in [3.63, 3.8) is 0 Å². The zero-order chi connectivity index (χ0) is 14.7. The first-order chi connectivity index (χ1) is 10.3. The van der Waals surface area contributed by atoms with Gasteiger partial charge in [-0.25, -0.2) is 4.98 Å². The van der Waals surface area contributed by atoms with Crippen LogP contribution >= 0.6 is 0 Å². The summed E-state index contributed by atoms with van der Waals surface area (Å²) >= 11 is 0. The quantitative estimate of drug-likeness (QED) is 0.806. The lowest BCUT2D eigenvalue weighted by molar-refractivity contribution is -0.120. The molecule has 1 saturated carbocycles. The third-order valence-corrected chi connectivity index (χ3v) is 4.20. The van der Waals surface area contributed by atoms with Crippen LogP contribution in [0.5, 0.6) is 0 Å². The number of rotatable bonds is 4. The van der Waals surface area contributed by atoms with Crippen molar-refractivity contribution in [2.75, 3.05) is 11.9 Å². The molecule has 1 heterocycles. The fraction of sp³-hybridized carbons (Fsp3) is 0.375.